The van der Waals surface area contributed by atoms with Crippen molar-refractivity contribution in [1.29, 1.82) is 0 Å². The second kappa shape index (κ2) is 5.06. The smallest absolute Gasteiger partial charge is 0.404 e. The highest BCUT2D eigenvalue weighted by Crippen LogP contribution is 2.02. The molecule has 0 aliphatic carbocycles. The summed E-state index contributed by atoms with van der Waals surface area (Å²) >= 11 is 8.14. The van der Waals surface area contributed by atoms with Crippen LogP contribution in [0.25, 0.3) is 0 Å². The molecule has 0 aliphatic rings. The highest BCUT2D eigenvalue weighted by atomic mass is 79.9. The summed E-state index contributed by atoms with van der Waals surface area (Å²) in [5.41, 5.74) is -0.733. The molecular formula is C5H8BrClO2. The van der Waals surface area contributed by atoms with E-state index in [1.807, 2.05) is 0 Å². The highest BCUT2D eigenvalue weighted by Gasteiger charge is 2.03. The first-order valence-corrected chi connectivity index (χ1v) is 4.09. The van der Waals surface area contributed by atoms with Gasteiger partial charge in [0.15, 0.2) is 0 Å². The van der Waals surface area contributed by atoms with Crippen LogP contribution in [-0.4, -0.2) is 16.9 Å². The lowest BCUT2D eigenvalue weighted by molar-refractivity contribution is 0.130. The molecule has 0 rings (SSSR count). The second-order valence-corrected chi connectivity index (χ2v) is 2.75. The first-order chi connectivity index (χ1) is 4.16. The molecule has 54 valence electrons. The third-order valence-corrected chi connectivity index (χ3v) is 1.36. The molecule has 0 aromatic carbocycles. The minimum Gasteiger partial charge on any atom is -0.451 e. The van der Waals surface area contributed by atoms with Crippen LogP contribution in [0, 0.1) is 0 Å². The van der Waals surface area contributed by atoms with E-state index in [0.29, 0.717) is 0 Å². The van der Waals surface area contributed by atoms with Crippen LogP contribution in [0.4, 0.5) is 4.79 Å². The van der Waals surface area contributed by atoms with Gasteiger partial charge in [-0.3, -0.25) is 0 Å². The van der Waals surface area contributed by atoms with E-state index in [1.165, 1.54) is 0 Å². The Bertz CT molecular complexity index is 97.0. The Morgan fingerprint density at radius 2 is 2.44 bits per heavy atom. The average Bonchev–Trinajstić information content (AvgIpc) is 1.63. The number of hydrogen-bond donors (Lipinski definition) is 0. The number of carbonyl (C=O) groups is 1. The van der Waals surface area contributed by atoms with E-state index in [-0.39, 0.29) is 6.10 Å². The summed E-state index contributed by atoms with van der Waals surface area (Å²) in [7, 11) is 0. The number of halogens is 2. The Hall–Kier alpha value is 0.240. The molecule has 0 amide bonds. The molecule has 0 fully saturated rings. The molecule has 0 N–H and O–H groups in total. The zero-order valence-electron chi connectivity index (χ0n) is 5.06. The van der Waals surface area contributed by atoms with Gasteiger partial charge in [0.2, 0.25) is 0 Å². The minimum atomic E-state index is -0.733. The van der Waals surface area contributed by atoms with Crippen molar-refractivity contribution in [3.63, 3.8) is 0 Å². The van der Waals surface area contributed by atoms with Crippen LogP contribution in [0.2, 0.25) is 0 Å². The summed E-state index contributed by atoms with van der Waals surface area (Å²) in [6.07, 6.45) is 0.702. The van der Waals surface area contributed by atoms with Gasteiger partial charge in [-0.25, -0.2) is 4.79 Å². The second-order valence-electron chi connectivity index (χ2n) is 1.64. The van der Waals surface area contributed by atoms with Crippen LogP contribution in [0.3, 0.4) is 0 Å². The first kappa shape index (κ1) is 9.24. The van der Waals surface area contributed by atoms with Crippen molar-refractivity contribution in [2.75, 3.05) is 5.33 Å². The van der Waals surface area contributed by atoms with Gasteiger partial charge in [-0.1, -0.05) is 15.9 Å². The summed E-state index contributed by atoms with van der Waals surface area (Å²) in [5.74, 6) is 0. The molecular weight excluding hydrogens is 207 g/mol. The Morgan fingerprint density at radius 1 is 1.89 bits per heavy atom. The van der Waals surface area contributed by atoms with E-state index in [1.54, 1.807) is 6.92 Å². The van der Waals surface area contributed by atoms with Crippen molar-refractivity contribution < 1.29 is 9.53 Å². The molecule has 0 aliphatic heterocycles. The molecule has 0 bridgehead atoms. The summed E-state index contributed by atoms with van der Waals surface area (Å²) in [6.45, 7) is 1.79. The summed E-state index contributed by atoms with van der Waals surface area (Å²) in [6, 6.07) is 0. The Balaban J connectivity index is 3.26. The normalized spacial score (nSPS) is 12.8. The van der Waals surface area contributed by atoms with Gasteiger partial charge in [0, 0.05) is 16.9 Å². The molecule has 0 saturated carbocycles. The number of hydrogen-bond acceptors (Lipinski definition) is 2. The average molecular weight is 215 g/mol. The van der Waals surface area contributed by atoms with Crippen molar-refractivity contribution in [2.24, 2.45) is 0 Å². The van der Waals surface area contributed by atoms with Crippen molar-refractivity contribution in [2.45, 2.75) is 19.4 Å². The van der Waals surface area contributed by atoms with Crippen molar-refractivity contribution in [3.8, 4) is 0 Å². The molecule has 0 heterocycles. The maximum Gasteiger partial charge on any atom is 0.404 e. The topological polar surface area (TPSA) is 26.3 Å². The van der Waals surface area contributed by atoms with Gasteiger partial charge in [0.05, 0.1) is 0 Å². The molecule has 0 aromatic heterocycles. The van der Waals surface area contributed by atoms with Gasteiger partial charge in [-0.05, 0) is 13.3 Å². The van der Waals surface area contributed by atoms with Crippen molar-refractivity contribution in [1.82, 2.24) is 0 Å². The largest absolute Gasteiger partial charge is 0.451 e. The maximum atomic E-state index is 10.1. The number of ether oxygens (including phenoxy) is 1. The number of rotatable bonds is 3. The van der Waals surface area contributed by atoms with Crippen LogP contribution >= 0.6 is 27.5 Å². The van der Waals surface area contributed by atoms with E-state index >= 15 is 0 Å². The predicted octanol–water partition coefficient (Wildman–Crippen LogP) is 2.54. The van der Waals surface area contributed by atoms with Crippen molar-refractivity contribution >= 4 is 33.0 Å². The standard InChI is InChI=1S/C5H8BrClO2/c1-4(2-3-6)9-5(7)8/h4H,2-3H2,1H3. The van der Waals surface area contributed by atoms with Gasteiger partial charge < -0.3 is 4.74 Å². The molecule has 4 heteroatoms. The fourth-order valence-electron chi connectivity index (χ4n) is 0.371. The zero-order chi connectivity index (χ0) is 7.28. The highest BCUT2D eigenvalue weighted by molar-refractivity contribution is 9.09. The summed E-state index contributed by atoms with van der Waals surface area (Å²) in [4.78, 5) is 10.1. The number of alkyl halides is 1. The lowest BCUT2D eigenvalue weighted by atomic mass is 10.3. The molecule has 9 heavy (non-hydrogen) atoms. The quantitative estimate of drug-likeness (QED) is 0.534. The zero-order valence-corrected chi connectivity index (χ0v) is 7.41. The van der Waals surface area contributed by atoms with E-state index in [0.717, 1.165) is 11.8 Å². The number of carbonyl (C=O) groups excluding carboxylic acids is 1. The van der Waals surface area contributed by atoms with Crippen LogP contribution in [-0.2, 0) is 4.74 Å². The third kappa shape index (κ3) is 6.12. The van der Waals surface area contributed by atoms with E-state index < -0.39 is 5.43 Å². The van der Waals surface area contributed by atoms with Gasteiger partial charge in [0.25, 0.3) is 0 Å². The molecule has 2 nitrogen and oxygen atoms in total. The molecule has 0 saturated heterocycles. The van der Waals surface area contributed by atoms with Crippen LogP contribution in [0.5, 0.6) is 0 Å². The SMILES string of the molecule is CC(CCBr)OC(=O)Cl. The minimum absolute atomic E-state index is 0.0885. The summed E-state index contributed by atoms with van der Waals surface area (Å²) < 4.78 is 4.59. The van der Waals surface area contributed by atoms with Gasteiger partial charge in [0.1, 0.15) is 6.10 Å². The van der Waals surface area contributed by atoms with Crippen LogP contribution in [0.15, 0.2) is 0 Å². The lowest BCUT2D eigenvalue weighted by Crippen LogP contribution is -2.09. The van der Waals surface area contributed by atoms with E-state index in [9.17, 15) is 4.79 Å². The maximum absolute atomic E-state index is 10.1. The fraction of sp³-hybridized carbons (Fsp3) is 0.800. The summed E-state index contributed by atoms with van der Waals surface area (Å²) in [5, 5.41) is 0.818. The molecule has 1 unspecified atom stereocenters. The predicted molar refractivity (Wildman–Crippen MR) is 40.2 cm³/mol. The van der Waals surface area contributed by atoms with Gasteiger partial charge in [-0.2, -0.15) is 0 Å². The van der Waals surface area contributed by atoms with E-state index in [4.69, 9.17) is 11.6 Å². The molecule has 0 spiro atoms. The third-order valence-electron chi connectivity index (χ3n) is 0.809. The van der Waals surface area contributed by atoms with Gasteiger partial charge >= 0.3 is 5.43 Å². The fourth-order valence-corrected chi connectivity index (χ4v) is 1.17. The van der Waals surface area contributed by atoms with Gasteiger partial charge in [-0.15, -0.1) is 0 Å². The Morgan fingerprint density at radius 3 is 2.78 bits per heavy atom. The molecule has 1 atom stereocenters. The lowest BCUT2D eigenvalue weighted by Gasteiger charge is -2.06. The Kier molecular flexibility index (Phi) is 5.19. The van der Waals surface area contributed by atoms with Crippen LogP contribution in [0.1, 0.15) is 13.3 Å². The van der Waals surface area contributed by atoms with Crippen LogP contribution < -0.4 is 0 Å². The first-order valence-electron chi connectivity index (χ1n) is 2.59. The molecule has 0 aromatic rings. The van der Waals surface area contributed by atoms with Crippen molar-refractivity contribution in [3.05, 3.63) is 0 Å². The molecule has 0 radical (unpaired) electrons. The Labute approximate surface area is 67.6 Å². The monoisotopic (exact) mass is 214 g/mol. The van der Waals surface area contributed by atoms with E-state index in [2.05, 4.69) is 20.7 Å².